The molecular weight excluding hydrogens is 448 g/mol. The van der Waals surface area contributed by atoms with Crippen LogP contribution in [0.3, 0.4) is 0 Å². The summed E-state index contributed by atoms with van der Waals surface area (Å²) in [6.45, 7) is 0.0828. The molecule has 172 valence electrons. The van der Waals surface area contributed by atoms with E-state index in [1.54, 1.807) is 30.3 Å². The van der Waals surface area contributed by atoms with E-state index in [0.29, 0.717) is 28.4 Å². The van der Waals surface area contributed by atoms with E-state index in [0.717, 1.165) is 0 Å². The topological polar surface area (TPSA) is 185 Å². The fourth-order valence-electron chi connectivity index (χ4n) is 3.23. The summed E-state index contributed by atoms with van der Waals surface area (Å²) in [7, 11) is 1.44. The molecule has 0 aliphatic carbocycles. The molecule has 0 atom stereocenters. The van der Waals surface area contributed by atoms with E-state index in [1.807, 2.05) is 0 Å². The van der Waals surface area contributed by atoms with Gasteiger partial charge < -0.3 is 25.1 Å². The lowest BCUT2D eigenvalue weighted by Crippen LogP contribution is -2.19. The number of anilines is 1. The smallest absolute Gasteiger partial charge is 0.294 e. The van der Waals surface area contributed by atoms with Crippen molar-refractivity contribution in [1.29, 1.82) is 0 Å². The fourth-order valence-corrected chi connectivity index (χ4v) is 3.23. The summed E-state index contributed by atoms with van der Waals surface area (Å²) >= 11 is 0. The van der Waals surface area contributed by atoms with E-state index >= 15 is 0 Å². The lowest BCUT2D eigenvalue weighted by molar-refractivity contribution is 0.0950. The van der Waals surface area contributed by atoms with Crippen molar-refractivity contribution in [3.63, 3.8) is 0 Å². The molecule has 0 saturated heterocycles. The van der Waals surface area contributed by atoms with Gasteiger partial charge in [0.15, 0.2) is 28.7 Å². The number of aromatic hydroxyl groups is 1. The molecule has 0 bridgehead atoms. The van der Waals surface area contributed by atoms with Crippen LogP contribution >= 0.6 is 0 Å². The molecule has 14 heteroatoms. The summed E-state index contributed by atoms with van der Waals surface area (Å²) in [5.41, 5.74) is 9.42. The first kappa shape index (κ1) is 20.7. The first-order chi connectivity index (χ1) is 16.5. The number of hydrazone groups is 1. The molecule has 2 aromatic heterocycles. The van der Waals surface area contributed by atoms with Gasteiger partial charge in [0, 0.05) is 5.56 Å². The number of ether oxygens (including phenoxy) is 3. The summed E-state index contributed by atoms with van der Waals surface area (Å²) in [6, 6.07) is 9.72. The number of nitrogen functional groups attached to an aromatic ring is 1. The van der Waals surface area contributed by atoms with Crippen LogP contribution in [0, 0.1) is 0 Å². The quantitative estimate of drug-likeness (QED) is 0.274. The monoisotopic (exact) mass is 464 g/mol. The minimum atomic E-state index is -0.664. The zero-order valence-corrected chi connectivity index (χ0v) is 17.5. The van der Waals surface area contributed by atoms with E-state index in [4.69, 9.17) is 19.9 Å². The molecule has 0 radical (unpaired) electrons. The van der Waals surface area contributed by atoms with Gasteiger partial charge in [0.25, 0.3) is 5.91 Å². The Balaban J connectivity index is 1.48. The van der Waals surface area contributed by atoms with Crippen molar-refractivity contribution in [1.82, 2.24) is 30.7 Å². The van der Waals surface area contributed by atoms with Crippen LogP contribution in [0.2, 0.25) is 0 Å². The van der Waals surface area contributed by atoms with E-state index in [9.17, 15) is 9.90 Å². The van der Waals surface area contributed by atoms with Crippen molar-refractivity contribution in [2.75, 3.05) is 19.6 Å². The molecule has 1 aliphatic heterocycles. The van der Waals surface area contributed by atoms with Gasteiger partial charge in [-0.1, -0.05) is 5.21 Å². The second-order valence-corrected chi connectivity index (χ2v) is 6.87. The Morgan fingerprint density at radius 3 is 2.85 bits per heavy atom. The third-order valence-corrected chi connectivity index (χ3v) is 4.81. The number of amides is 1. The number of aromatic nitrogens is 5. The van der Waals surface area contributed by atoms with Gasteiger partial charge >= 0.3 is 0 Å². The number of nitrogens with two attached hydrogens (primary N) is 1. The number of phenols is 1. The largest absolute Gasteiger partial charge is 0.504 e. The molecule has 1 amide bonds. The van der Waals surface area contributed by atoms with Gasteiger partial charge in [-0.15, -0.1) is 5.10 Å². The van der Waals surface area contributed by atoms with Gasteiger partial charge in [-0.25, -0.2) is 10.1 Å². The number of rotatable bonds is 6. The highest BCUT2D eigenvalue weighted by Crippen LogP contribution is 2.37. The molecule has 3 heterocycles. The van der Waals surface area contributed by atoms with E-state index < -0.39 is 5.91 Å². The first-order valence-electron chi connectivity index (χ1n) is 9.69. The maximum absolute atomic E-state index is 12.9. The summed E-state index contributed by atoms with van der Waals surface area (Å²) in [4.78, 5) is 12.9. The Bertz CT molecular complexity index is 1410. The van der Waals surface area contributed by atoms with E-state index in [-0.39, 0.29) is 35.6 Å². The number of carbonyl (C=O) groups excluding carboxylic acids is 1. The van der Waals surface area contributed by atoms with Crippen LogP contribution in [0.1, 0.15) is 16.1 Å². The van der Waals surface area contributed by atoms with Crippen LogP contribution in [0.4, 0.5) is 5.82 Å². The minimum Gasteiger partial charge on any atom is -0.504 e. The van der Waals surface area contributed by atoms with Crippen LogP contribution in [-0.2, 0) is 0 Å². The van der Waals surface area contributed by atoms with Gasteiger partial charge in [0.2, 0.25) is 18.4 Å². The third-order valence-electron chi connectivity index (χ3n) is 4.81. The number of benzene rings is 2. The van der Waals surface area contributed by atoms with Crippen molar-refractivity contribution in [2.45, 2.75) is 0 Å². The number of carbonyl (C=O) groups is 1. The SMILES string of the molecule is COc1ccc(/C=N/NC(=O)c2nnn(-c3nonc3N)c2-c2ccc3c(c2)OCO3)cc1O. The predicted molar refractivity (Wildman–Crippen MR) is 115 cm³/mol. The van der Waals surface area contributed by atoms with Gasteiger partial charge in [0.1, 0.15) is 5.69 Å². The average Bonchev–Trinajstić information content (AvgIpc) is 3.57. The van der Waals surface area contributed by atoms with E-state index in [1.165, 1.54) is 24.1 Å². The normalized spacial score (nSPS) is 12.3. The van der Waals surface area contributed by atoms with Gasteiger partial charge in [0.05, 0.1) is 13.3 Å². The Hall–Kier alpha value is -5.14. The third kappa shape index (κ3) is 3.68. The highest BCUT2D eigenvalue weighted by Gasteiger charge is 2.26. The van der Waals surface area contributed by atoms with Gasteiger partial charge in [-0.3, -0.25) is 4.79 Å². The van der Waals surface area contributed by atoms with Crippen molar-refractivity contribution in [2.24, 2.45) is 5.10 Å². The van der Waals surface area contributed by atoms with Crippen LogP contribution < -0.4 is 25.4 Å². The number of hydrogen-bond donors (Lipinski definition) is 3. The molecule has 0 spiro atoms. The van der Waals surface area contributed by atoms with Crippen LogP contribution in [-0.4, -0.2) is 56.4 Å². The lowest BCUT2D eigenvalue weighted by Gasteiger charge is -2.07. The van der Waals surface area contributed by atoms with Crippen LogP contribution in [0.25, 0.3) is 17.1 Å². The zero-order chi connectivity index (χ0) is 23.7. The molecule has 0 fully saturated rings. The van der Waals surface area contributed by atoms with Crippen molar-refractivity contribution < 1.29 is 28.7 Å². The summed E-state index contributed by atoms with van der Waals surface area (Å²) in [6.07, 6.45) is 1.35. The molecule has 5 rings (SSSR count). The van der Waals surface area contributed by atoms with Crippen LogP contribution in [0.5, 0.6) is 23.0 Å². The zero-order valence-electron chi connectivity index (χ0n) is 17.5. The number of hydrogen-bond acceptors (Lipinski definition) is 12. The molecule has 34 heavy (non-hydrogen) atoms. The number of methoxy groups -OCH3 is 1. The number of nitrogens with one attached hydrogen (secondary N) is 1. The van der Waals surface area contributed by atoms with Gasteiger partial charge in [-0.2, -0.15) is 9.78 Å². The molecule has 4 aromatic rings. The first-order valence-corrected chi connectivity index (χ1v) is 9.69. The Kier molecular flexibility index (Phi) is 5.14. The average molecular weight is 464 g/mol. The molecule has 1 aliphatic rings. The maximum Gasteiger partial charge on any atom is 0.294 e. The number of phenolic OH excluding ortho intramolecular Hbond substituents is 1. The van der Waals surface area contributed by atoms with Gasteiger partial charge in [-0.05, 0) is 52.3 Å². The minimum absolute atomic E-state index is 0.0452. The Morgan fingerprint density at radius 1 is 1.24 bits per heavy atom. The predicted octanol–water partition coefficient (Wildman–Crippen LogP) is 1.11. The van der Waals surface area contributed by atoms with Crippen molar-refractivity contribution in [3.8, 4) is 40.1 Å². The maximum atomic E-state index is 12.9. The number of nitrogens with zero attached hydrogens (tertiary/aromatic N) is 6. The molecule has 0 saturated carbocycles. The number of fused-ring (bicyclic) bond motifs is 1. The van der Waals surface area contributed by atoms with Crippen molar-refractivity contribution in [3.05, 3.63) is 47.7 Å². The molecule has 4 N–H and O–H groups in total. The second-order valence-electron chi connectivity index (χ2n) is 6.87. The summed E-state index contributed by atoms with van der Waals surface area (Å²) in [5.74, 6) is 0.636. The van der Waals surface area contributed by atoms with Crippen LogP contribution in [0.15, 0.2) is 46.1 Å². The molecule has 0 unspecified atom stereocenters. The van der Waals surface area contributed by atoms with E-state index in [2.05, 4.69) is 35.8 Å². The Labute approximate surface area is 190 Å². The standard InChI is InChI=1S/C20H16N8O6/c1-31-13-4-2-10(6-12(13)29)8-22-24-20(30)16-17(11-3-5-14-15(7-11)33-9-32-14)28(27-23-16)19-18(21)25-34-26-19/h2-8,29H,9H2,1H3,(H2,21,25)(H,24,30)/b22-8+. The summed E-state index contributed by atoms with van der Waals surface area (Å²) < 4.78 is 21.7. The summed E-state index contributed by atoms with van der Waals surface area (Å²) in [5, 5.41) is 29.1. The fraction of sp³-hybridized carbons (Fsp3) is 0.100. The highest BCUT2D eigenvalue weighted by molar-refractivity contribution is 5.99. The lowest BCUT2D eigenvalue weighted by atomic mass is 10.1. The Morgan fingerprint density at radius 2 is 2.09 bits per heavy atom. The molecule has 14 nitrogen and oxygen atoms in total. The molecular formula is C20H16N8O6. The molecule has 2 aromatic carbocycles. The second kappa shape index (κ2) is 8.42. The van der Waals surface area contributed by atoms with Crippen molar-refractivity contribution >= 4 is 17.9 Å². The highest BCUT2D eigenvalue weighted by atomic mass is 16.7.